The Bertz CT molecular complexity index is 886. The Labute approximate surface area is 169 Å². The molecule has 2 fully saturated rings. The van der Waals surface area contributed by atoms with Gasteiger partial charge in [0.1, 0.15) is 10.8 Å². The number of carbonyl (C=O) groups excluding carboxylic acids is 1. The van der Waals surface area contributed by atoms with E-state index in [0.29, 0.717) is 5.91 Å². The predicted molar refractivity (Wildman–Crippen MR) is 108 cm³/mol. The third kappa shape index (κ3) is 2.99. The smallest absolute Gasteiger partial charge is 0.226 e. The maximum atomic E-state index is 13.1. The fraction of sp³-hybridized carbons (Fsp3) is 0.667. The average molecular weight is 401 g/mol. The molecule has 5 rings (SSSR count). The van der Waals surface area contributed by atoms with E-state index in [4.69, 9.17) is 9.51 Å². The minimum atomic E-state index is 0.0944. The number of aryl methyl sites for hydroxylation is 3. The van der Waals surface area contributed by atoms with Crippen LogP contribution in [0, 0.1) is 37.5 Å². The number of amides is 1. The van der Waals surface area contributed by atoms with Crippen LogP contribution in [-0.4, -0.2) is 59.6 Å². The third-order valence-corrected chi connectivity index (χ3v) is 7.97. The fourth-order valence-electron chi connectivity index (χ4n) is 5.26. The minimum Gasteiger partial charge on any atom is -0.361 e. The monoisotopic (exact) mass is 400 g/mol. The maximum Gasteiger partial charge on any atom is 0.226 e. The first-order valence-corrected chi connectivity index (χ1v) is 11.1. The zero-order valence-corrected chi connectivity index (χ0v) is 17.9. The van der Waals surface area contributed by atoms with Crippen molar-refractivity contribution in [3.8, 4) is 10.6 Å². The van der Waals surface area contributed by atoms with E-state index in [1.807, 2.05) is 13.8 Å². The highest BCUT2D eigenvalue weighted by molar-refractivity contribution is 7.15. The summed E-state index contributed by atoms with van der Waals surface area (Å²) in [7, 11) is 4.28. The largest absolute Gasteiger partial charge is 0.361 e. The Morgan fingerprint density at radius 1 is 1.29 bits per heavy atom. The lowest BCUT2D eigenvalue weighted by atomic mass is 9.89. The van der Waals surface area contributed by atoms with Crippen molar-refractivity contribution >= 4 is 17.2 Å². The van der Waals surface area contributed by atoms with Gasteiger partial charge in [-0.15, -0.1) is 11.3 Å². The molecule has 2 unspecified atom stereocenters. The van der Waals surface area contributed by atoms with Crippen LogP contribution in [0.25, 0.3) is 10.6 Å². The number of rotatable bonds is 4. The van der Waals surface area contributed by atoms with Gasteiger partial charge in [0, 0.05) is 36.9 Å². The molecule has 0 aromatic carbocycles. The number of aromatic nitrogens is 2. The number of thiazole rings is 1. The highest BCUT2D eigenvalue weighted by atomic mass is 32.1. The summed E-state index contributed by atoms with van der Waals surface area (Å²) >= 11 is 1.74. The van der Waals surface area contributed by atoms with Gasteiger partial charge in [-0.1, -0.05) is 5.16 Å². The van der Waals surface area contributed by atoms with Crippen molar-refractivity contribution < 1.29 is 9.32 Å². The van der Waals surface area contributed by atoms with Crippen LogP contribution in [0.5, 0.6) is 0 Å². The second kappa shape index (κ2) is 6.66. The van der Waals surface area contributed by atoms with Gasteiger partial charge in [-0.25, -0.2) is 4.98 Å². The Balaban J connectivity index is 1.25. The van der Waals surface area contributed by atoms with Gasteiger partial charge in [-0.2, -0.15) is 0 Å². The van der Waals surface area contributed by atoms with Gasteiger partial charge < -0.3 is 14.3 Å². The highest BCUT2D eigenvalue weighted by Gasteiger charge is 2.56. The second-order valence-electron chi connectivity index (χ2n) is 9.02. The van der Waals surface area contributed by atoms with Crippen molar-refractivity contribution in [2.24, 2.45) is 23.7 Å². The van der Waals surface area contributed by atoms with Crippen molar-refractivity contribution in [2.45, 2.75) is 33.1 Å². The van der Waals surface area contributed by atoms with Crippen LogP contribution in [0.1, 0.15) is 28.4 Å². The lowest BCUT2D eigenvalue weighted by Gasteiger charge is -2.27. The molecule has 7 heteroatoms. The molecule has 2 aromatic heterocycles. The topological polar surface area (TPSA) is 62.5 Å². The SMILES string of the molecule is Cc1noc(C)c1-c1nc2c(s1)CCC(C(=O)N1C[C@@H]3C(CN(C)C)[C@@H]3C1)C2. The van der Waals surface area contributed by atoms with Crippen molar-refractivity contribution in [1.82, 2.24) is 19.9 Å². The first kappa shape index (κ1) is 18.3. The van der Waals surface area contributed by atoms with Crippen LogP contribution in [-0.2, 0) is 17.6 Å². The van der Waals surface area contributed by atoms with Crippen molar-refractivity contribution in [2.75, 3.05) is 33.7 Å². The van der Waals surface area contributed by atoms with Crippen molar-refractivity contribution in [1.29, 1.82) is 0 Å². The summed E-state index contributed by atoms with van der Waals surface area (Å²) in [5, 5.41) is 5.05. The van der Waals surface area contributed by atoms with Gasteiger partial charge in [-0.05, 0) is 58.5 Å². The Kier molecular flexibility index (Phi) is 4.36. The molecule has 1 saturated carbocycles. The molecule has 0 radical (unpaired) electrons. The van der Waals surface area contributed by atoms with E-state index in [1.54, 1.807) is 11.3 Å². The Morgan fingerprint density at radius 2 is 2.04 bits per heavy atom. The van der Waals surface area contributed by atoms with Crippen LogP contribution in [0.2, 0.25) is 0 Å². The minimum absolute atomic E-state index is 0.0944. The van der Waals surface area contributed by atoms with Gasteiger partial charge in [0.2, 0.25) is 5.91 Å². The van der Waals surface area contributed by atoms with Gasteiger partial charge in [-0.3, -0.25) is 4.79 Å². The van der Waals surface area contributed by atoms with E-state index in [9.17, 15) is 4.79 Å². The van der Waals surface area contributed by atoms with Gasteiger partial charge in [0.05, 0.1) is 17.0 Å². The molecule has 2 aromatic rings. The Hall–Kier alpha value is -1.73. The molecule has 3 heterocycles. The summed E-state index contributed by atoms with van der Waals surface area (Å²) in [4.78, 5) is 23.7. The molecule has 1 aliphatic heterocycles. The molecule has 1 amide bonds. The molecular weight excluding hydrogens is 372 g/mol. The van der Waals surface area contributed by atoms with E-state index >= 15 is 0 Å². The van der Waals surface area contributed by atoms with Crippen LogP contribution < -0.4 is 0 Å². The molecule has 4 atom stereocenters. The Morgan fingerprint density at radius 3 is 2.68 bits per heavy atom. The first-order chi connectivity index (χ1) is 13.4. The van der Waals surface area contributed by atoms with E-state index in [1.165, 1.54) is 4.88 Å². The molecular formula is C21H28N4O2S. The summed E-state index contributed by atoms with van der Waals surface area (Å²) in [6.07, 6.45) is 2.68. The predicted octanol–water partition coefficient (Wildman–Crippen LogP) is 2.79. The number of hydrogen-bond donors (Lipinski definition) is 0. The molecule has 0 N–H and O–H groups in total. The lowest BCUT2D eigenvalue weighted by Crippen LogP contribution is -2.39. The summed E-state index contributed by atoms with van der Waals surface area (Å²) < 4.78 is 5.31. The molecule has 3 aliphatic rings. The third-order valence-electron chi connectivity index (χ3n) is 6.79. The van der Waals surface area contributed by atoms with Gasteiger partial charge in [0.15, 0.2) is 0 Å². The molecule has 1 saturated heterocycles. The van der Waals surface area contributed by atoms with Gasteiger partial charge >= 0.3 is 0 Å². The van der Waals surface area contributed by atoms with E-state index in [-0.39, 0.29) is 5.92 Å². The van der Waals surface area contributed by atoms with E-state index in [2.05, 4.69) is 29.1 Å². The van der Waals surface area contributed by atoms with Gasteiger partial charge in [0.25, 0.3) is 0 Å². The van der Waals surface area contributed by atoms with Crippen molar-refractivity contribution in [3.05, 3.63) is 22.0 Å². The number of likely N-dealkylation sites (tertiary alicyclic amines) is 1. The molecule has 0 bridgehead atoms. The maximum absolute atomic E-state index is 13.1. The molecule has 0 spiro atoms. The molecule has 150 valence electrons. The number of hydrogen-bond acceptors (Lipinski definition) is 6. The quantitative estimate of drug-likeness (QED) is 0.790. The van der Waals surface area contributed by atoms with Crippen LogP contribution >= 0.6 is 11.3 Å². The van der Waals surface area contributed by atoms with Crippen LogP contribution in [0.15, 0.2) is 4.52 Å². The second-order valence-corrected chi connectivity index (χ2v) is 10.1. The number of nitrogens with zero attached hydrogens (tertiary/aromatic N) is 4. The lowest BCUT2D eigenvalue weighted by molar-refractivity contribution is -0.135. The highest BCUT2D eigenvalue weighted by Crippen LogP contribution is 2.52. The van der Waals surface area contributed by atoms with E-state index < -0.39 is 0 Å². The van der Waals surface area contributed by atoms with E-state index in [0.717, 1.165) is 84.4 Å². The molecule has 6 nitrogen and oxygen atoms in total. The number of carbonyl (C=O) groups is 1. The van der Waals surface area contributed by atoms with Crippen LogP contribution in [0.3, 0.4) is 0 Å². The zero-order chi connectivity index (χ0) is 19.6. The first-order valence-electron chi connectivity index (χ1n) is 10.3. The summed E-state index contributed by atoms with van der Waals surface area (Å²) in [6.45, 7) is 6.98. The normalized spacial score (nSPS) is 28.5. The zero-order valence-electron chi connectivity index (χ0n) is 17.1. The van der Waals surface area contributed by atoms with Crippen molar-refractivity contribution in [3.63, 3.8) is 0 Å². The standard InChI is InChI=1S/C21H28N4O2S/c1-11-19(12(2)27-23-11)20-22-17-7-13(5-6-18(17)28-20)21(26)25-9-15-14(8-24(3)4)16(15)10-25/h13-16H,5-10H2,1-4H3/t13?,14?,15-,16+. The average Bonchev–Trinajstić information content (AvgIpc) is 3.08. The van der Waals surface area contributed by atoms with Crippen LogP contribution in [0.4, 0.5) is 0 Å². The summed E-state index contributed by atoms with van der Waals surface area (Å²) in [5.74, 6) is 3.53. The molecule has 2 aliphatic carbocycles. The summed E-state index contributed by atoms with van der Waals surface area (Å²) in [6, 6.07) is 0. The summed E-state index contributed by atoms with van der Waals surface area (Å²) in [5.41, 5.74) is 3.02. The molecule has 28 heavy (non-hydrogen) atoms. The fourth-order valence-corrected chi connectivity index (χ4v) is 6.51. The number of piperidine rings is 1. The number of fused-ring (bicyclic) bond motifs is 2.